The van der Waals surface area contributed by atoms with Crippen LogP contribution in [0.1, 0.15) is 11.7 Å². The molecule has 20 heavy (non-hydrogen) atoms. The molecule has 2 atom stereocenters. The van der Waals surface area contributed by atoms with E-state index in [2.05, 4.69) is 0 Å². The summed E-state index contributed by atoms with van der Waals surface area (Å²) in [7, 11) is -3.50. The summed E-state index contributed by atoms with van der Waals surface area (Å²) in [5.41, 5.74) is 2.53. The third kappa shape index (κ3) is 3.39. The topological polar surface area (TPSA) is 54.4 Å². The first-order valence-corrected chi connectivity index (χ1v) is 8.45. The van der Waals surface area contributed by atoms with Gasteiger partial charge in [0.1, 0.15) is 6.10 Å². The normalized spacial score (nSPS) is 14.8. The summed E-state index contributed by atoms with van der Waals surface area (Å²) in [5, 5.41) is 9.98. The van der Waals surface area contributed by atoms with Crippen molar-refractivity contribution in [3.8, 4) is 11.1 Å². The molecule has 0 aromatic heterocycles. The zero-order valence-electron chi connectivity index (χ0n) is 10.9. The minimum Gasteiger partial charge on any atom is -0.386 e. The molecule has 0 aliphatic rings. The van der Waals surface area contributed by atoms with Crippen LogP contribution >= 0.6 is 11.6 Å². The second kappa shape index (κ2) is 5.95. The van der Waals surface area contributed by atoms with E-state index in [1.54, 1.807) is 12.1 Å². The number of benzene rings is 2. The molecule has 0 amide bonds. The third-order valence-corrected chi connectivity index (χ3v) is 5.30. The Bertz CT molecular complexity index is 666. The molecule has 0 spiro atoms. The van der Waals surface area contributed by atoms with Crippen molar-refractivity contribution in [1.82, 2.24) is 0 Å². The van der Waals surface area contributed by atoms with Crippen LogP contribution in [0, 0.1) is 0 Å². The van der Waals surface area contributed by atoms with Gasteiger partial charge in [-0.2, -0.15) is 0 Å². The molecule has 5 heteroatoms. The predicted octanol–water partition coefficient (Wildman–Crippen LogP) is 3.00. The Labute approximate surface area is 123 Å². The van der Waals surface area contributed by atoms with Crippen LogP contribution in [0.3, 0.4) is 0 Å². The van der Waals surface area contributed by atoms with Crippen LogP contribution in [0.5, 0.6) is 0 Å². The number of rotatable bonds is 4. The van der Waals surface area contributed by atoms with E-state index in [4.69, 9.17) is 11.6 Å². The standard InChI is InChI=1S/C15H15ClO3S/c1-20(18,19)15(16)14(17)13-9-7-12(8-10-13)11-5-3-2-4-6-11/h2-10,14-15,17H,1H3/t14-,15+/m1/s1. The van der Waals surface area contributed by atoms with Crippen molar-refractivity contribution >= 4 is 21.4 Å². The Morgan fingerprint density at radius 2 is 1.45 bits per heavy atom. The van der Waals surface area contributed by atoms with Gasteiger partial charge in [-0.25, -0.2) is 8.42 Å². The highest BCUT2D eigenvalue weighted by atomic mass is 35.5. The van der Waals surface area contributed by atoms with E-state index in [0.29, 0.717) is 5.56 Å². The molecule has 2 rings (SSSR count). The molecule has 1 N–H and O–H groups in total. The Hall–Kier alpha value is -1.36. The fraction of sp³-hybridized carbons (Fsp3) is 0.200. The first-order chi connectivity index (χ1) is 9.39. The second-order valence-corrected chi connectivity index (χ2v) is 7.51. The van der Waals surface area contributed by atoms with Crippen LogP contribution in [0.2, 0.25) is 0 Å². The van der Waals surface area contributed by atoms with Gasteiger partial charge in [-0.15, -0.1) is 11.6 Å². The van der Waals surface area contributed by atoms with Crippen molar-refractivity contribution in [1.29, 1.82) is 0 Å². The lowest BCUT2D eigenvalue weighted by molar-refractivity contribution is 0.192. The number of alkyl halides is 1. The van der Waals surface area contributed by atoms with Gasteiger partial charge in [0.05, 0.1) is 0 Å². The maximum Gasteiger partial charge on any atom is 0.167 e. The molecule has 0 aliphatic carbocycles. The number of aliphatic hydroxyl groups excluding tert-OH is 1. The molecule has 106 valence electrons. The van der Waals surface area contributed by atoms with Crippen LogP contribution in [-0.2, 0) is 9.84 Å². The first-order valence-electron chi connectivity index (χ1n) is 6.06. The Kier molecular flexibility index (Phi) is 4.48. The maximum atomic E-state index is 11.3. The van der Waals surface area contributed by atoms with Gasteiger partial charge >= 0.3 is 0 Å². The lowest BCUT2D eigenvalue weighted by atomic mass is 10.0. The van der Waals surface area contributed by atoms with Gasteiger partial charge in [0.25, 0.3) is 0 Å². The van der Waals surface area contributed by atoms with Gasteiger partial charge in [-0.1, -0.05) is 54.6 Å². The van der Waals surface area contributed by atoms with Gasteiger partial charge < -0.3 is 5.11 Å². The first kappa shape index (κ1) is 15.0. The monoisotopic (exact) mass is 310 g/mol. The molecule has 0 aliphatic heterocycles. The molecule has 0 unspecified atom stereocenters. The van der Waals surface area contributed by atoms with E-state index in [9.17, 15) is 13.5 Å². The SMILES string of the molecule is CS(=O)(=O)[C@H](Cl)[C@H](O)c1ccc(-c2ccccc2)cc1. The minimum absolute atomic E-state index is 0.482. The molecule has 3 nitrogen and oxygen atoms in total. The van der Waals surface area contributed by atoms with Gasteiger partial charge in [-0.05, 0) is 16.7 Å². The minimum atomic E-state index is -3.50. The van der Waals surface area contributed by atoms with Gasteiger partial charge in [0.15, 0.2) is 14.5 Å². The summed E-state index contributed by atoms with van der Waals surface area (Å²) in [4.78, 5) is 0. The van der Waals surface area contributed by atoms with Crippen molar-refractivity contribution in [2.45, 2.75) is 10.8 Å². The van der Waals surface area contributed by atoms with Gasteiger partial charge in [-0.3, -0.25) is 0 Å². The Balaban J connectivity index is 2.25. The maximum absolute atomic E-state index is 11.3. The Morgan fingerprint density at radius 3 is 1.95 bits per heavy atom. The summed E-state index contributed by atoms with van der Waals surface area (Å²) in [5.74, 6) is 0. The molecule has 0 fully saturated rings. The summed E-state index contributed by atoms with van der Waals surface area (Å²) in [6, 6.07) is 16.8. The summed E-state index contributed by atoms with van der Waals surface area (Å²) < 4.78 is 21.3. The lowest BCUT2D eigenvalue weighted by Gasteiger charge is -2.16. The van der Waals surface area contributed by atoms with Crippen LogP contribution in [0.4, 0.5) is 0 Å². The predicted molar refractivity (Wildman–Crippen MR) is 81.3 cm³/mol. The Morgan fingerprint density at radius 1 is 0.950 bits per heavy atom. The van der Waals surface area contributed by atoms with E-state index in [-0.39, 0.29) is 0 Å². The van der Waals surface area contributed by atoms with E-state index in [1.807, 2.05) is 42.5 Å². The summed E-state index contributed by atoms with van der Waals surface area (Å²) >= 11 is 5.76. The number of halogens is 1. The van der Waals surface area contributed by atoms with Crippen molar-refractivity contribution < 1.29 is 13.5 Å². The second-order valence-electron chi connectivity index (χ2n) is 4.61. The van der Waals surface area contributed by atoms with Crippen LogP contribution in [-0.4, -0.2) is 24.5 Å². The summed E-state index contributed by atoms with van der Waals surface area (Å²) in [6.45, 7) is 0. The van der Waals surface area contributed by atoms with Gasteiger partial charge in [0.2, 0.25) is 0 Å². The molecular weight excluding hydrogens is 296 g/mol. The highest BCUT2D eigenvalue weighted by molar-refractivity contribution is 7.92. The number of hydrogen-bond acceptors (Lipinski definition) is 3. The fourth-order valence-corrected chi connectivity index (χ4v) is 2.66. The van der Waals surface area contributed by atoms with Crippen molar-refractivity contribution in [2.75, 3.05) is 6.26 Å². The van der Waals surface area contributed by atoms with Gasteiger partial charge in [0, 0.05) is 6.26 Å². The molecule has 2 aromatic carbocycles. The highest BCUT2D eigenvalue weighted by Gasteiger charge is 2.27. The van der Waals surface area contributed by atoms with E-state index >= 15 is 0 Å². The molecule has 0 bridgehead atoms. The molecular formula is C15H15ClO3S. The third-order valence-electron chi connectivity index (χ3n) is 3.02. The zero-order valence-corrected chi connectivity index (χ0v) is 12.5. The van der Waals surface area contributed by atoms with E-state index in [1.165, 1.54) is 0 Å². The molecule has 0 heterocycles. The van der Waals surface area contributed by atoms with E-state index < -0.39 is 20.7 Å². The number of aliphatic hydroxyl groups is 1. The smallest absolute Gasteiger partial charge is 0.167 e. The molecule has 0 radical (unpaired) electrons. The van der Waals surface area contributed by atoms with Crippen molar-refractivity contribution in [3.05, 3.63) is 60.2 Å². The number of hydrogen-bond donors (Lipinski definition) is 1. The van der Waals surface area contributed by atoms with E-state index in [0.717, 1.165) is 17.4 Å². The quantitative estimate of drug-likeness (QED) is 0.883. The van der Waals surface area contributed by atoms with Crippen molar-refractivity contribution in [2.24, 2.45) is 0 Å². The largest absolute Gasteiger partial charge is 0.386 e. The molecule has 0 saturated carbocycles. The average molecular weight is 311 g/mol. The molecule has 0 saturated heterocycles. The van der Waals surface area contributed by atoms with Crippen LogP contribution in [0.15, 0.2) is 54.6 Å². The van der Waals surface area contributed by atoms with Crippen LogP contribution < -0.4 is 0 Å². The number of sulfone groups is 1. The zero-order chi connectivity index (χ0) is 14.8. The lowest BCUT2D eigenvalue weighted by Crippen LogP contribution is -2.21. The highest BCUT2D eigenvalue weighted by Crippen LogP contribution is 2.27. The van der Waals surface area contributed by atoms with Crippen LogP contribution in [0.25, 0.3) is 11.1 Å². The average Bonchev–Trinajstić information content (AvgIpc) is 2.46. The van der Waals surface area contributed by atoms with Crippen molar-refractivity contribution in [3.63, 3.8) is 0 Å². The molecule has 2 aromatic rings. The fourth-order valence-electron chi connectivity index (χ4n) is 1.89. The summed E-state index contributed by atoms with van der Waals surface area (Å²) in [6.07, 6.45) is -0.233.